The highest BCUT2D eigenvalue weighted by Gasteiger charge is 2.04. The quantitative estimate of drug-likeness (QED) is 0.789. The van der Waals surface area contributed by atoms with E-state index in [-0.39, 0.29) is 6.04 Å². The van der Waals surface area contributed by atoms with Crippen LogP contribution < -0.4 is 5.73 Å². The molecule has 1 aromatic carbocycles. The van der Waals surface area contributed by atoms with Gasteiger partial charge >= 0.3 is 0 Å². The van der Waals surface area contributed by atoms with Crippen LogP contribution in [0.5, 0.6) is 0 Å². The molecule has 0 saturated carbocycles. The molecule has 1 atom stereocenters. The summed E-state index contributed by atoms with van der Waals surface area (Å²) >= 11 is 1.59. The monoisotopic (exact) mass is 232 g/mol. The van der Waals surface area contributed by atoms with Gasteiger partial charge < -0.3 is 10.7 Å². The van der Waals surface area contributed by atoms with Crippen LogP contribution in [0.3, 0.4) is 0 Å². The van der Waals surface area contributed by atoms with Crippen LogP contribution in [0.15, 0.2) is 29.4 Å². The average Bonchev–Trinajstić information content (AvgIpc) is 2.71. The van der Waals surface area contributed by atoms with E-state index in [1.54, 1.807) is 11.8 Å². The molecule has 82 valence electrons. The van der Waals surface area contributed by atoms with Crippen molar-refractivity contribution in [3.63, 3.8) is 0 Å². The van der Waals surface area contributed by atoms with E-state index in [4.69, 9.17) is 11.0 Å². The minimum atomic E-state index is -0.378. The molecule has 1 aromatic heterocycles. The molecule has 0 amide bonds. The number of nitriles is 1. The molecule has 3 N–H and O–H groups in total. The fraction of sp³-hybridized carbons (Fsp3) is 0.273. The fourth-order valence-electron chi connectivity index (χ4n) is 1.34. The van der Waals surface area contributed by atoms with E-state index in [2.05, 4.69) is 9.97 Å². The molecule has 0 aliphatic rings. The summed E-state index contributed by atoms with van der Waals surface area (Å²) in [6, 6.07) is 9.53. The highest BCUT2D eigenvalue weighted by atomic mass is 32.2. The van der Waals surface area contributed by atoms with E-state index >= 15 is 0 Å². The third kappa shape index (κ3) is 2.54. The van der Waals surface area contributed by atoms with Crippen LogP contribution in [-0.2, 0) is 0 Å². The van der Waals surface area contributed by atoms with Gasteiger partial charge in [0.15, 0.2) is 5.16 Å². The molecule has 5 heteroatoms. The van der Waals surface area contributed by atoms with Crippen LogP contribution >= 0.6 is 11.8 Å². The molecule has 16 heavy (non-hydrogen) atoms. The van der Waals surface area contributed by atoms with Gasteiger partial charge in [-0.3, -0.25) is 0 Å². The number of aromatic nitrogens is 2. The van der Waals surface area contributed by atoms with E-state index in [0.717, 1.165) is 21.9 Å². The van der Waals surface area contributed by atoms with Crippen molar-refractivity contribution in [2.75, 3.05) is 5.75 Å². The Kier molecular flexibility index (Phi) is 3.44. The number of para-hydroxylation sites is 2. The van der Waals surface area contributed by atoms with Gasteiger partial charge in [0.2, 0.25) is 0 Å². The first-order valence-electron chi connectivity index (χ1n) is 5.02. The molecule has 2 aromatic rings. The molecular weight excluding hydrogens is 220 g/mol. The van der Waals surface area contributed by atoms with Gasteiger partial charge in [0, 0.05) is 5.75 Å². The van der Waals surface area contributed by atoms with Gasteiger partial charge in [-0.25, -0.2) is 4.98 Å². The first-order chi connectivity index (χ1) is 7.79. The van der Waals surface area contributed by atoms with Crippen LogP contribution in [0, 0.1) is 11.3 Å². The number of nitrogens with two attached hydrogens (primary N) is 1. The fourth-order valence-corrected chi connectivity index (χ4v) is 2.26. The number of imidazole rings is 1. The predicted molar refractivity (Wildman–Crippen MR) is 65.0 cm³/mol. The van der Waals surface area contributed by atoms with E-state index < -0.39 is 0 Å². The molecule has 2 rings (SSSR count). The predicted octanol–water partition coefficient (Wildman–Crippen LogP) is 1.90. The molecular formula is C11H12N4S. The van der Waals surface area contributed by atoms with Gasteiger partial charge in [-0.1, -0.05) is 23.9 Å². The van der Waals surface area contributed by atoms with Crippen LogP contribution in [0.1, 0.15) is 6.42 Å². The van der Waals surface area contributed by atoms with Crippen LogP contribution in [0.2, 0.25) is 0 Å². The number of hydrogen-bond acceptors (Lipinski definition) is 4. The maximum atomic E-state index is 8.54. The van der Waals surface area contributed by atoms with Crippen molar-refractivity contribution in [1.82, 2.24) is 9.97 Å². The molecule has 0 radical (unpaired) electrons. The topological polar surface area (TPSA) is 78.5 Å². The zero-order chi connectivity index (χ0) is 11.4. The van der Waals surface area contributed by atoms with Crippen molar-refractivity contribution in [2.24, 2.45) is 5.73 Å². The molecule has 0 aliphatic carbocycles. The lowest BCUT2D eigenvalue weighted by molar-refractivity contribution is 0.802. The van der Waals surface area contributed by atoms with Gasteiger partial charge in [0.05, 0.1) is 23.1 Å². The Bertz CT molecular complexity index is 481. The third-order valence-corrected chi connectivity index (χ3v) is 3.11. The first-order valence-corrected chi connectivity index (χ1v) is 6.01. The molecule has 1 heterocycles. The molecule has 0 saturated heterocycles. The van der Waals surface area contributed by atoms with Gasteiger partial charge in [0.1, 0.15) is 0 Å². The zero-order valence-corrected chi connectivity index (χ0v) is 9.50. The van der Waals surface area contributed by atoms with Gasteiger partial charge in [0.25, 0.3) is 0 Å². The van der Waals surface area contributed by atoms with Gasteiger partial charge in [-0.2, -0.15) is 5.26 Å². The summed E-state index contributed by atoms with van der Waals surface area (Å²) in [7, 11) is 0. The Labute approximate surface area is 97.9 Å². The van der Waals surface area contributed by atoms with Crippen molar-refractivity contribution in [3.8, 4) is 6.07 Å². The average molecular weight is 232 g/mol. The molecule has 4 nitrogen and oxygen atoms in total. The number of nitrogens with zero attached hydrogens (tertiary/aromatic N) is 2. The first kappa shape index (κ1) is 11.0. The van der Waals surface area contributed by atoms with Crippen molar-refractivity contribution < 1.29 is 0 Å². The number of aromatic amines is 1. The molecule has 0 spiro atoms. The number of rotatable bonds is 4. The second-order valence-corrected chi connectivity index (χ2v) is 4.52. The Morgan fingerprint density at radius 2 is 2.31 bits per heavy atom. The van der Waals surface area contributed by atoms with E-state index in [1.165, 1.54) is 0 Å². The number of thioether (sulfide) groups is 1. The van der Waals surface area contributed by atoms with Crippen molar-refractivity contribution >= 4 is 22.8 Å². The SMILES string of the molecule is N#CC(N)CCSc1nc2ccccc2[nH]1. The number of H-pyrrole nitrogens is 1. The Morgan fingerprint density at radius 3 is 3.06 bits per heavy atom. The summed E-state index contributed by atoms with van der Waals surface area (Å²) in [5, 5.41) is 9.42. The highest BCUT2D eigenvalue weighted by molar-refractivity contribution is 7.99. The highest BCUT2D eigenvalue weighted by Crippen LogP contribution is 2.19. The summed E-state index contributed by atoms with van der Waals surface area (Å²) in [5.41, 5.74) is 7.51. The number of fused-ring (bicyclic) bond motifs is 1. The van der Waals surface area contributed by atoms with Gasteiger partial charge in [-0.15, -0.1) is 0 Å². The van der Waals surface area contributed by atoms with E-state index in [1.807, 2.05) is 30.3 Å². The third-order valence-electron chi connectivity index (χ3n) is 2.20. The lowest BCUT2D eigenvalue weighted by atomic mass is 10.3. The number of nitrogens with one attached hydrogen (secondary N) is 1. The smallest absolute Gasteiger partial charge is 0.166 e. The van der Waals surface area contributed by atoms with Crippen molar-refractivity contribution in [3.05, 3.63) is 24.3 Å². The Morgan fingerprint density at radius 1 is 1.50 bits per heavy atom. The minimum absolute atomic E-state index is 0.378. The summed E-state index contributed by atoms with van der Waals surface area (Å²) < 4.78 is 0. The maximum absolute atomic E-state index is 8.54. The van der Waals surface area contributed by atoms with Crippen LogP contribution in [0.4, 0.5) is 0 Å². The Balaban J connectivity index is 1.97. The summed E-state index contributed by atoms with van der Waals surface area (Å²) in [6.45, 7) is 0. The van der Waals surface area contributed by atoms with Crippen LogP contribution in [0.25, 0.3) is 11.0 Å². The largest absolute Gasteiger partial charge is 0.333 e. The maximum Gasteiger partial charge on any atom is 0.166 e. The summed E-state index contributed by atoms with van der Waals surface area (Å²) in [5.74, 6) is 0.800. The Hall–Kier alpha value is -1.51. The van der Waals surface area contributed by atoms with Crippen molar-refractivity contribution in [1.29, 1.82) is 5.26 Å². The molecule has 0 bridgehead atoms. The summed E-state index contributed by atoms with van der Waals surface area (Å²) in [6.07, 6.45) is 0.679. The molecule has 1 unspecified atom stereocenters. The standard InChI is InChI=1S/C11H12N4S/c12-7-8(13)5-6-16-11-14-9-3-1-2-4-10(9)15-11/h1-4,8H,5-6,13H2,(H,14,15). The number of hydrogen-bond donors (Lipinski definition) is 2. The van der Waals surface area contributed by atoms with Crippen molar-refractivity contribution in [2.45, 2.75) is 17.6 Å². The van der Waals surface area contributed by atoms with Crippen LogP contribution in [-0.4, -0.2) is 21.8 Å². The van der Waals surface area contributed by atoms with E-state index in [9.17, 15) is 0 Å². The minimum Gasteiger partial charge on any atom is -0.333 e. The number of benzene rings is 1. The second-order valence-electron chi connectivity index (χ2n) is 3.43. The summed E-state index contributed by atoms with van der Waals surface area (Å²) in [4.78, 5) is 7.63. The van der Waals surface area contributed by atoms with Gasteiger partial charge in [-0.05, 0) is 18.6 Å². The lowest BCUT2D eigenvalue weighted by Gasteiger charge is -1.99. The normalized spacial score (nSPS) is 12.5. The van der Waals surface area contributed by atoms with E-state index in [0.29, 0.717) is 6.42 Å². The zero-order valence-electron chi connectivity index (χ0n) is 8.68. The molecule has 0 fully saturated rings. The lowest BCUT2D eigenvalue weighted by Crippen LogP contribution is -2.17. The second kappa shape index (κ2) is 5.01. The molecule has 0 aliphatic heterocycles.